The van der Waals surface area contributed by atoms with Crippen LogP contribution in [0.2, 0.25) is 0 Å². The van der Waals surface area contributed by atoms with Gasteiger partial charge in [0.15, 0.2) is 5.78 Å². The van der Waals surface area contributed by atoms with Gasteiger partial charge in [0.25, 0.3) is 0 Å². The molecule has 92 valence electrons. The smallest absolute Gasteiger partial charge is 0.173 e. The fraction of sp³-hybridized carbons (Fsp3) is 0.462. The summed E-state index contributed by atoms with van der Waals surface area (Å²) in [6, 6.07) is 7.91. The molecule has 4 heteroatoms. The molecule has 1 aromatic carbocycles. The molecule has 17 heavy (non-hydrogen) atoms. The zero-order chi connectivity index (χ0) is 12.3. The van der Waals surface area contributed by atoms with Crippen molar-refractivity contribution in [1.82, 2.24) is 4.90 Å². The maximum Gasteiger partial charge on any atom is 0.173 e. The van der Waals surface area contributed by atoms with Crippen molar-refractivity contribution in [3.8, 4) is 0 Å². The number of alkyl halides is 1. The lowest BCUT2D eigenvalue weighted by Gasteiger charge is -2.34. The molecule has 1 aliphatic rings. The van der Waals surface area contributed by atoms with E-state index in [1.165, 1.54) is 5.69 Å². The van der Waals surface area contributed by atoms with Crippen molar-refractivity contribution in [2.24, 2.45) is 0 Å². The molecule has 0 bridgehead atoms. The number of anilines is 1. The van der Waals surface area contributed by atoms with Gasteiger partial charge in [-0.25, -0.2) is 0 Å². The molecule has 0 aliphatic carbocycles. The molecule has 1 aliphatic heterocycles. The minimum absolute atomic E-state index is 0.134. The van der Waals surface area contributed by atoms with Gasteiger partial charge in [-0.2, -0.15) is 0 Å². The highest BCUT2D eigenvalue weighted by Crippen LogP contribution is 2.17. The molecular weight excluding hydrogens is 280 g/mol. The minimum atomic E-state index is 0.134. The third kappa shape index (κ3) is 3.07. The number of rotatable bonds is 3. The molecule has 1 fully saturated rings. The number of hydrogen-bond acceptors (Lipinski definition) is 3. The minimum Gasteiger partial charge on any atom is -0.369 e. The van der Waals surface area contributed by atoms with Crippen molar-refractivity contribution in [2.75, 3.05) is 43.5 Å². The Hall–Kier alpha value is -0.870. The topological polar surface area (TPSA) is 23.6 Å². The van der Waals surface area contributed by atoms with Gasteiger partial charge in [-0.1, -0.05) is 15.9 Å². The number of piperazine rings is 1. The van der Waals surface area contributed by atoms with Gasteiger partial charge in [0.1, 0.15) is 0 Å². The quantitative estimate of drug-likeness (QED) is 0.630. The van der Waals surface area contributed by atoms with Crippen molar-refractivity contribution >= 4 is 27.4 Å². The SMILES string of the molecule is CN1CCN(c2ccc(C(=O)CBr)cc2)CC1. The monoisotopic (exact) mass is 296 g/mol. The molecule has 0 atom stereocenters. The van der Waals surface area contributed by atoms with Crippen molar-refractivity contribution in [1.29, 1.82) is 0 Å². The van der Waals surface area contributed by atoms with Crippen LogP contribution in [0.1, 0.15) is 10.4 Å². The number of nitrogens with zero attached hydrogens (tertiary/aromatic N) is 2. The van der Waals surface area contributed by atoms with Crippen molar-refractivity contribution in [3.63, 3.8) is 0 Å². The van der Waals surface area contributed by atoms with Crippen LogP contribution in [0, 0.1) is 0 Å². The number of carbonyl (C=O) groups is 1. The fourth-order valence-electron chi connectivity index (χ4n) is 2.00. The third-order valence-electron chi connectivity index (χ3n) is 3.18. The van der Waals surface area contributed by atoms with Gasteiger partial charge in [-0.05, 0) is 31.3 Å². The van der Waals surface area contributed by atoms with Gasteiger partial charge in [0.2, 0.25) is 0 Å². The zero-order valence-corrected chi connectivity index (χ0v) is 11.6. The lowest BCUT2D eigenvalue weighted by molar-refractivity contribution is 0.102. The molecule has 2 rings (SSSR count). The first kappa shape index (κ1) is 12.6. The van der Waals surface area contributed by atoms with E-state index < -0.39 is 0 Å². The second-order valence-electron chi connectivity index (χ2n) is 4.39. The predicted octanol–water partition coefficient (Wildman–Crippen LogP) is 2.02. The Labute approximate surface area is 111 Å². The summed E-state index contributed by atoms with van der Waals surface area (Å²) in [6.45, 7) is 4.31. The van der Waals surface area contributed by atoms with E-state index in [2.05, 4.69) is 32.8 Å². The van der Waals surface area contributed by atoms with Crippen LogP contribution in [0.25, 0.3) is 0 Å². The van der Waals surface area contributed by atoms with Gasteiger partial charge in [0, 0.05) is 37.4 Å². The molecule has 1 aromatic rings. The van der Waals surface area contributed by atoms with Crippen LogP contribution in [0.4, 0.5) is 5.69 Å². The zero-order valence-electron chi connectivity index (χ0n) is 10.0. The lowest BCUT2D eigenvalue weighted by atomic mass is 10.1. The van der Waals surface area contributed by atoms with Gasteiger partial charge in [-0.3, -0.25) is 4.79 Å². The summed E-state index contributed by atoms with van der Waals surface area (Å²) in [7, 11) is 2.15. The van der Waals surface area contributed by atoms with E-state index in [0.717, 1.165) is 31.7 Å². The second-order valence-corrected chi connectivity index (χ2v) is 4.95. The van der Waals surface area contributed by atoms with Crippen LogP contribution in [-0.2, 0) is 0 Å². The Morgan fingerprint density at radius 3 is 2.29 bits per heavy atom. The van der Waals surface area contributed by atoms with E-state index in [0.29, 0.717) is 5.33 Å². The highest BCUT2D eigenvalue weighted by atomic mass is 79.9. The molecular formula is C13H17BrN2O. The van der Waals surface area contributed by atoms with E-state index in [-0.39, 0.29) is 5.78 Å². The standard InChI is InChI=1S/C13H17BrN2O/c1-15-6-8-16(9-7-15)12-4-2-11(3-5-12)13(17)10-14/h2-5H,6-10H2,1H3. The van der Waals surface area contributed by atoms with Crippen LogP contribution in [0.5, 0.6) is 0 Å². The van der Waals surface area contributed by atoms with Crippen LogP contribution in [-0.4, -0.2) is 49.2 Å². The third-order valence-corrected chi connectivity index (χ3v) is 3.69. The molecule has 0 unspecified atom stereocenters. The highest BCUT2D eigenvalue weighted by molar-refractivity contribution is 9.09. The average molecular weight is 297 g/mol. The highest BCUT2D eigenvalue weighted by Gasteiger charge is 2.14. The van der Waals surface area contributed by atoms with E-state index >= 15 is 0 Å². The Bertz CT molecular complexity index is 383. The Morgan fingerprint density at radius 1 is 1.18 bits per heavy atom. The Morgan fingerprint density at radius 2 is 1.76 bits per heavy atom. The number of halogens is 1. The molecule has 0 saturated carbocycles. The van der Waals surface area contributed by atoms with Crippen molar-refractivity contribution < 1.29 is 4.79 Å². The van der Waals surface area contributed by atoms with Crippen molar-refractivity contribution in [2.45, 2.75) is 0 Å². The van der Waals surface area contributed by atoms with Gasteiger partial charge in [0.05, 0.1) is 5.33 Å². The normalized spacial score (nSPS) is 17.2. The van der Waals surface area contributed by atoms with Crippen LogP contribution in [0.3, 0.4) is 0 Å². The summed E-state index contributed by atoms with van der Waals surface area (Å²) in [6.07, 6.45) is 0. The maximum absolute atomic E-state index is 11.5. The van der Waals surface area contributed by atoms with Gasteiger partial charge in [-0.15, -0.1) is 0 Å². The Kier molecular flexibility index (Phi) is 4.18. The second kappa shape index (κ2) is 5.65. The molecule has 0 aromatic heterocycles. The number of ketones is 1. The summed E-state index contributed by atoms with van der Waals surface area (Å²) >= 11 is 3.19. The molecule has 1 heterocycles. The van der Waals surface area contributed by atoms with E-state index in [1.54, 1.807) is 0 Å². The number of hydrogen-bond donors (Lipinski definition) is 0. The van der Waals surface area contributed by atoms with E-state index in [1.807, 2.05) is 24.3 Å². The van der Waals surface area contributed by atoms with Crippen LogP contribution >= 0.6 is 15.9 Å². The fourth-order valence-corrected chi connectivity index (χ4v) is 2.32. The first-order valence-electron chi connectivity index (χ1n) is 5.83. The molecule has 0 radical (unpaired) electrons. The van der Waals surface area contributed by atoms with Gasteiger partial charge < -0.3 is 9.80 Å². The number of benzene rings is 1. The summed E-state index contributed by atoms with van der Waals surface area (Å²) in [5.41, 5.74) is 1.99. The van der Waals surface area contributed by atoms with E-state index in [9.17, 15) is 4.79 Å². The summed E-state index contributed by atoms with van der Waals surface area (Å²) < 4.78 is 0. The molecule has 0 N–H and O–H groups in total. The van der Waals surface area contributed by atoms with Crippen LogP contribution in [0.15, 0.2) is 24.3 Å². The molecule has 1 saturated heterocycles. The lowest BCUT2D eigenvalue weighted by Crippen LogP contribution is -2.44. The predicted molar refractivity (Wildman–Crippen MR) is 74.3 cm³/mol. The first-order valence-corrected chi connectivity index (χ1v) is 6.95. The van der Waals surface area contributed by atoms with Crippen LogP contribution < -0.4 is 4.90 Å². The number of Topliss-reactive ketones (excluding diaryl/α,β-unsaturated/α-hetero) is 1. The number of likely N-dealkylation sites (N-methyl/N-ethyl adjacent to an activating group) is 1. The average Bonchev–Trinajstić information content (AvgIpc) is 2.39. The summed E-state index contributed by atoms with van der Waals surface area (Å²) in [4.78, 5) is 16.2. The summed E-state index contributed by atoms with van der Waals surface area (Å²) in [5, 5.41) is 0.390. The Balaban J connectivity index is 2.05. The largest absolute Gasteiger partial charge is 0.369 e. The maximum atomic E-state index is 11.5. The molecule has 3 nitrogen and oxygen atoms in total. The van der Waals surface area contributed by atoms with Gasteiger partial charge >= 0.3 is 0 Å². The molecule has 0 amide bonds. The number of carbonyl (C=O) groups excluding carboxylic acids is 1. The molecule has 0 spiro atoms. The van der Waals surface area contributed by atoms with Crippen molar-refractivity contribution in [3.05, 3.63) is 29.8 Å². The summed E-state index contributed by atoms with van der Waals surface area (Å²) in [5.74, 6) is 0.134. The van der Waals surface area contributed by atoms with E-state index in [4.69, 9.17) is 0 Å². The first-order chi connectivity index (χ1) is 8.20.